The van der Waals surface area contributed by atoms with E-state index in [1.54, 1.807) is 18.5 Å². The Hall–Kier alpha value is -3.02. The first-order valence-electron chi connectivity index (χ1n) is 7.45. The molecule has 4 rings (SSSR count). The lowest BCUT2D eigenvalue weighted by Crippen LogP contribution is -2.41. The second-order valence-corrected chi connectivity index (χ2v) is 5.45. The second-order valence-electron chi connectivity index (χ2n) is 5.45. The highest BCUT2D eigenvalue weighted by Gasteiger charge is 2.32. The smallest absolute Gasteiger partial charge is 0.273 e. The van der Waals surface area contributed by atoms with E-state index >= 15 is 0 Å². The van der Waals surface area contributed by atoms with E-state index in [4.69, 9.17) is 0 Å². The van der Waals surface area contributed by atoms with E-state index in [0.717, 1.165) is 11.4 Å². The monoisotopic (exact) mass is 305 g/mol. The fraction of sp³-hybridized carbons (Fsp3) is 0.176. The van der Waals surface area contributed by atoms with Crippen molar-refractivity contribution in [3.8, 4) is 0 Å². The summed E-state index contributed by atoms with van der Waals surface area (Å²) >= 11 is 0. The molecule has 0 saturated heterocycles. The third kappa shape index (κ3) is 2.48. The average Bonchev–Trinajstić information content (AvgIpc) is 3.09. The highest BCUT2D eigenvalue weighted by atomic mass is 16.2. The van der Waals surface area contributed by atoms with Gasteiger partial charge in [-0.3, -0.25) is 4.79 Å². The molecule has 0 radical (unpaired) electrons. The van der Waals surface area contributed by atoms with Gasteiger partial charge in [0, 0.05) is 25.1 Å². The van der Waals surface area contributed by atoms with Crippen LogP contribution in [0.1, 0.15) is 27.9 Å². The van der Waals surface area contributed by atoms with Crippen LogP contribution in [0.4, 0.5) is 0 Å². The number of hydrogen-bond acceptors (Lipinski definition) is 4. The number of rotatable bonds is 2. The number of benzene rings is 1. The number of imidazole rings is 1. The van der Waals surface area contributed by atoms with Crippen molar-refractivity contribution in [3.05, 3.63) is 78.4 Å². The number of carbonyl (C=O) groups excluding carboxylic acids is 1. The van der Waals surface area contributed by atoms with Gasteiger partial charge < -0.3 is 9.47 Å². The average molecular weight is 305 g/mol. The Kier molecular flexibility index (Phi) is 3.34. The second kappa shape index (κ2) is 5.64. The van der Waals surface area contributed by atoms with Gasteiger partial charge in [-0.25, -0.2) is 15.0 Å². The van der Waals surface area contributed by atoms with Gasteiger partial charge in [-0.1, -0.05) is 30.3 Å². The van der Waals surface area contributed by atoms with Crippen LogP contribution in [0.3, 0.4) is 0 Å². The molecule has 6 heteroatoms. The predicted octanol–water partition coefficient (Wildman–Crippen LogP) is 2.07. The zero-order valence-corrected chi connectivity index (χ0v) is 12.4. The van der Waals surface area contributed by atoms with E-state index in [-0.39, 0.29) is 11.9 Å². The van der Waals surface area contributed by atoms with Crippen LogP contribution in [-0.4, -0.2) is 30.3 Å². The zero-order chi connectivity index (χ0) is 15.6. The van der Waals surface area contributed by atoms with Gasteiger partial charge in [0.2, 0.25) is 0 Å². The SMILES string of the molecule is O=C(c1ccncn1)N1Cc2nccn2CC1c1ccccc1. The van der Waals surface area contributed by atoms with E-state index in [1.165, 1.54) is 6.33 Å². The number of nitrogens with zero attached hydrogens (tertiary/aromatic N) is 5. The number of aromatic nitrogens is 4. The Bertz CT molecular complexity index is 815. The van der Waals surface area contributed by atoms with Crippen LogP contribution < -0.4 is 0 Å². The highest BCUT2D eigenvalue weighted by molar-refractivity contribution is 5.92. The molecule has 0 N–H and O–H groups in total. The third-order valence-corrected chi connectivity index (χ3v) is 4.11. The van der Waals surface area contributed by atoms with Crippen LogP contribution in [0.5, 0.6) is 0 Å². The summed E-state index contributed by atoms with van der Waals surface area (Å²) in [5.41, 5.74) is 1.51. The minimum atomic E-state index is -0.101. The van der Waals surface area contributed by atoms with Crippen LogP contribution in [0, 0.1) is 0 Å². The molecule has 0 spiro atoms. The van der Waals surface area contributed by atoms with E-state index in [2.05, 4.69) is 19.5 Å². The fourth-order valence-electron chi connectivity index (χ4n) is 2.94. The molecule has 3 aromatic rings. The van der Waals surface area contributed by atoms with Crippen molar-refractivity contribution in [2.75, 3.05) is 0 Å². The molecule has 0 fully saturated rings. The van der Waals surface area contributed by atoms with E-state index in [1.807, 2.05) is 41.4 Å². The Labute approximate surface area is 133 Å². The molecule has 1 aliphatic heterocycles. The molecule has 114 valence electrons. The van der Waals surface area contributed by atoms with Crippen molar-refractivity contribution < 1.29 is 4.79 Å². The third-order valence-electron chi connectivity index (χ3n) is 4.11. The zero-order valence-electron chi connectivity index (χ0n) is 12.4. The fourth-order valence-corrected chi connectivity index (χ4v) is 2.94. The van der Waals surface area contributed by atoms with Crippen LogP contribution >= 0.6 is 0 Å². The largest absolute Gasteiger partial charge is 0.331 e. The summed E-state index contributed by atoms with van der Waals surface area (Å²) < 4.78 is 2.10. The van der Waals surface area contributed by atoms with Crippen LogP contribution in [-0.2, 0) is 13.1 Å². The van der Waals surface area contributed by atoms with E-state index in [9.17, 15) is 4.79 Å². The van der Waals surface area contributed by atoms with Crippen molar-refractivity contribution in [1.29, 1.82) is 0 Å². The van der Waals surface area contributed by atoms with Gasteiger partial charge in [0.15, 0.2) is 0 Å². The van der Waals surface area contributed by atoms with Crippen LogP contribution in [0.25, 0.3) is 0 Å². The quantitative estimate of drug-likeness (QED) is 0.727. The molecule has 0 saturated carbocycles. The topological polar surface area (TPSA) is 63.9 Å². The maximum atomic E-state index is 12.9. The van der Waals surface area contributed by atoms with Gasteiger partial charge in [0.25, 0.3) is 5.91 Å². The Morgan fingerprint density at radius 1 is 1.09 bits per heavy atom. The van der Waals surface area contributed by atoms with Crippen LogP contribution in [0.15, 0.2) is 61.3 Å². The van der Waals surface area contributed by atoms with Crippen molar-refractivity contribution in [1.82, 2.24) is 24.4 Å². The molecular formula is C17H15N5O. The number of hydrogen-bond donors (Lipinski definition) is 0. The number of fused-ring (bicyclic) bond motifs is 1. The molecule has 1 aliphatic rings. The minimum Gasteiger partial charge on any atom is -0.331 e. The van der Waals surface area contributed by atoms with Crippen molar-refractivity contribution >= 4 is 5.91 Å². The minimum absolute atomic E-state index is 0.0413. The molecule has 1 amide bonds. The van der Waals surface area contributed by atoms with E-state index < -0.39 is 0 Å². The molecule has 1 aromatic carbocycles. The summed E-state index contributed by atoms with van der Waals surface area (Å²) in [5, 5.41) is 0. The standard InChI is InChI=1S/C17H15N5O/c23-17(14-6-7-18-12-20-14)22-11-16-19-8-9-21(16)10-15(22)13-4-2-1-3-5-13/h1-9,12,15H,10-11H2. The predicted molar refractivity (Wildman–Crippen MR) is 83.3 cm³/mol. The summed E-state index contributed by atoms with van der Waals surface area (Å²) in [6.07, 6.45) is 6.71. The lowest BCUT2D eigenvalue weighted by molar-refractivity contribution is 0.0578. The molecule has 0 aliphatic carbocycles. The Morgan fingerprint density at radius 3 is 2.74 bits per heavy atom. The lowest BCUT2D eigenvalue weighted by Gasteiger charge is -2.36. The van der Waals surface area contributed by atoms with Crippen molar-refractivity contribution in [2.45, 2.75) is 19.1 Å². The maximum Gasteiger partial charge on any atom is 0.273 e. The molecule has 1 unspecified atom stereocenters. The number of carbonyl (C=O) groups is 1. The van der Waals surface area contributed by atoms with Gasteiger partial charge in [-0.15, -0.1) is 0 Å². The Balaban J connectivity index is 1.74. The first-order chi connectivity index (χ1) is 11.3. The molecule has 3 heterocycles. The molecule has 23 heavy (non-hydrogen) atoms. The van der Waals surface area contributed by atoms with Gasteiger partial charge in [0.1, 0.15) is 17.8 Å². The maximum absolute atomic E-state index is 12.9. The summed E-state index contributed by atoms with van der Waals surface area (Å²) in [4.78, 5) is 27.1. The summed E-state index contributed by atoms with van der Waals surface area (Å²) in [7, 11) is 0. The summed E-state index contributed by atoms with van der Waals surface area (Å²) in [5.74, 6) is 0.787. The van der Waals surface area contributed by atoms with Crippen molar-refractivity contribution in [3.63, 3.8) is 0 Å². The van der Waals surface area contributed by atoms with Gasteiger partial charge >= 0.3 is 0 Å². The van der Waals surface area contributed by atoms with Crippen LogP contribution in [0.2, 0.25) is 0 Å². The van der Waals surface area contributed by atoms with Gasteiger partial charge in [-0.2, -0.15) is 0 Å². The van der Waals surface area contributed by atoms with Gasteiger partial charge in [-0.05, 0) is 11.6 Å². The Morgan fingerprint density at radius 2 is 1.96 bits per heavy atom. The first-order valence-corrected chi connectivity index (χ1v) is 7.45. The van der Waals surface area contributed by atoms with Gasteiger partial charge in [0.05, 0.1) is 12.6 Å². The lowest BCUT2D eigenvalue weighted by atomic mass is 10.0. The summed E-state index contributed by atoms with van der Waals surface area (Å²) in [6, 6.07) is 11.7. The van der Waals surface area contributed by atoms with Crippen molar-refractivity contribution in [2.24, 2.45) is 0 Å². The molecule has 2 aromatic heterocycles. The highest BCUT2D eigenvalue weighted by Crippen LogP contribution is 2.30. The molecular weight excluding hydrogens is 290 g/mol. The summed E-state index contributed by atoms with van der Waals surface area (Å²) in [6.45, 7) is 1.16. The first kappa shape index (κ1) is 13.6. The molecule has 0 bridgehead atoms. The molecule has 6 nitrogen and oxygen atoms in total. The molecule has 1 atom stereocenters. The number of amides is 1. The van der Waals surface area contributed by atoms with E-state index in [0.29, 0.717) is 18.8 Å². The normalized spacial score (nSPS) is 16.9.